The third kappa shape index (κ3) is 66.6. The predicted molar refractivity (Wildman–Crippen MR) is 471 cm³/mol. The highest BCUT2D eigenvalue weighted by Crippen LogP contribution is 2.27. The van der Waals surface area contributed by atoms with Gasteiger partial charge in [-0.2, -0.15) is 0 Å². The van der Waals surface area contributed by atoms with Gasteiger partial charge in [0, 0.05) is 32.1 Å². The molecule has 2 aromatic rings. The summed E-state index contributed by atoms with van der Waals surface area (Å²) in [5, 5.41) is 0. The van der Waals surface area contributed by atoms with Crippen molar-refractivity contribution in [3.63, 3.8) is 0 Å². The molecule has 0 fully saturated rings. The molecule has 0 spiro atoms. The lowest BCUT2D eigenvalue weighted by Gasteiger charge is -2.11. The van der Waals surface area contributed by atoms with Gasteiger partial charge in [0.2, 0.25) is 0 Å². The van der Waals surface area contributed by atoms with Crippen LogP contribution in [-0.2, 0) is 12.8 Å². The molecule has 2 nitrogen and oxygen atoms in total. The Bertz CT molecular complexity index is 2350. The minimum absolute atomic E-state index is 0.862. The molecule has 0 saturated heterocycles. The van der Waals surface area contributed by atoms with Crippen molar-refractivity contribution in [3.8, 4) is 35.5 Å². The molecular formula is C102H176N2. The Kier molecular flexibility index (Phi) is 76.1. The summed E-state index contributed by atoms with van der Waals surface area (Å²) in [7, 11) is 0. The molecule has 0 aliphatic rings. The van der Waals surface area contributed by atoms with Crippen LogP contribution in [0.5, 0.6) is 0 Å². The first-order valence-electron chi connectivity index (χ1n) is 47.5. The van der Waals surface area contributed by atoms with E-state index in [4.69, 9.17) is 9.98 Å². The summed E-state index contributed by atoms with van der Waals surface area (Å²) in [6.45, 7) is 9.26. The summed E-state index contributed by atoms with van der Waals surface area (Å²) in [5.74, 6) is 21.7. The zero-order valence-corrected chi connectivity index (χ0v) is 70.7. The third-order valence-corrected chi connectivity index (χ3v) is 22.5. The van der Waals surface area contributed by atoms with Gasteiger partial charge in [0.05, 0.1) is 17.1 Å². The van der Waals surface area contributed by atoms with Gasteiger partial charge in [-0.1, -0.05) is 494 Å². The minimum atomic E-state index is 0.862. The maximum Gasteiger partial charge on any atom is 0.135 e. The molecule has 0 bridgehead atoms. The highest BCUT2D eigenvalue weighted by atomic mass is 14.8. The first kappa shape index (κ1) is 96.5. The van der Waals surface area contributed by atoms with E-state index in [1.165, 1.54) is 448 Å². The fourth-order valence-corrected chi connectivity index (χ4v) is 15.4. The molecule has 0 aliphatic carbocycles. The van der Waals surface area contributed by atoms with E-state index in [2.05, 4.69) is 112 Å². The number of para-hydroxylation sites is 2. The van der Waals surface area contributed by atoms with Crippen LogP contribution in [0.3, 0.4) is 0 Å². The second kappa shape index (κ2) is 82.0. The molecule has 0 heterocycles. The van der Waals surface area contributed by atoms with Crippen LogP contribution >= 0.6 is 0 Å². The Balaban J connectivity index is 1.96. The van der Waals surface area contributed by atoms with Gasteiger partial charge >= 0.3 is 0 Å². The van der Waals surface area contributed by atoms with Crippen LogP contribution in [0.2, 0.25) is 0 Å². The smallest absolute Gasteiger partial charge is 0.135 e. The summed E-state index contributed by atoms with van der Waals surface area (Å²) in [4.78, 5) is 11.2. The Hall–Kier alpha value is -3.54. The van der Waals surface area contributed by atoms with Crippen molar-refractivity contribution in [1.29, 1.82) is 0 Å². The quantitative estimate of drug-likeness (QED) is 0.0358. The molecule has 0 saturated carbocycles. The average molecular weight is 1430 g/mol. The molecule has 594 valence electrons. The molecule has 2 rings (SSSR count). The first-order valence-corrected chi connectivity index (χ1v) is 47.5. The van der Waals surface area contributed by atoms with Crippen LogP contribution in [0.1, 0.15) is 527 Å². The average Bonchev–Trinajstić information content (AvgIpc) is 0.847. The lowest BCUT2D eigenvalue weighted by atomic mass is 10.0. The van der Waals surface area contributed by atoms with Crippen LogP contribution in [0.4, 0.5) is 11.4 Å². The van der Waals surface area contributed by atoms with Crippen molar-refractivity contribution >= 4 is 22.8 Å². The van der Waals surface area contributed by atoms with Crippen LogP contribution in [0.15, 0.2) is 58.5 Å². The molecule has 2 aromatic carbocycles. The van der Waals surface area contributed by atoms with Gasteiger partial charge in [0.25, 0.3) is 0 Å². The number of unbranched alkanes of at least 4 members (excludes halogenated alkanes) is 69. The van der Waals surface area contributed by atoms with E-state index in [1.807, 2.05) is 0 Å². The van der Waals surface area contributed by atoms with E-state index in [0.717, 1.165) is 87.0 Å². The Labute approximate surface area is 652 Å². The van der Waals surface area contributed by atoms with E-state index >= 15 is 0 Å². The standard InChI is InChI=1S/C102H176N2/c1-5-9-13-17-21-24-27-30-33-36-39-42-45-48-50-53-56-59-62-65-68-71-74-77-81-89-97-91-85-87-93-99(97)103-101(95-83-79-20-16-12-8-4)102(96-84-80-76-73-70-67-64-61-58-55-52-47-44-41-38-35-32-29-26-23-19-15-11-7-3)104-100-94-88-86-92-98(100)90-82-78-75-72-69-66-63-60-57-54-51-49-46-43-40-37-34-31-28-25-22-18-14-10-6-2/h85-88,91-94H,5-73,76,79-83,89-90,95H2,1-4H3. The molecule has 0 aliphatic heterocycles. The molecule has 0 radical (unpaired) electrons. The molecule has 104 heavy (non-hydrogen) atoms. The summed E-state index contributed by atoms with van der Waals surface area (Å²) in [6, 6.07) is 17.7. The number of hydrogen-bond acceptors (Lipinski definition) is 2. The van der Waals surface area contributed by atoms with Gasteiger partial charge in [0.1, 0.15) is 5.71 Å². The normalized spacial score (nSPS) is 11.7. The van der Waals surface area contributed by atoms with E-state index in [0.29, 0.717) is 0 Å². The minimum Gasteiger partial charge on any atom is -0.250 e. The maximum absolute atomic E-state index is 5.62. The van der Waals surface area contributed by atoms with Gasteiger partial charge in [-0.25, -0.2) is 4.99 Å². The number of aliphatic imine (C=N–C) groups is 2. The zero-order chi connectivity index (χ0) is 73.9. The van der Waals surface area contributed by atoms with E-state index in [-0.39, 0.29) is 0 Å². The van der Waals surface area contributed by atoms with Gasteiger partial charge in [-0.15, -0.1) is 23.7 Å². The lowest BCUT2D eigenvalue weighted by molar-refractivity contribution is 0.519. The van der Waals surface area contributed by atoms with Crippen molar-refractivity contribution in [2.24, 2.45) is 9.98 Å². The summed E-state index contributed by atoms with van der Waals surface area (Å²) in [6.07, 6.45) is 106. The fraction of sp³-hybridized carbons (Fsp3) is 0.804. The van der Waals surface area contributed by atoms with E-state index in [1.54, 1.807) is 0 Å². The lowest BCUT2D eigenvalue weighted by Crippen LogP contribution is -2.13. The van der Waals surface area contributed by atoms with Gasteiger partial charge in [-0.05, 0) is 74.1 Å². The van der Waals surface area contributed by atoms with E-state index in [9.17, 15) is 0 Å². The predicted octanol–water partition coefficient (Wildman–Crippen LogP) is 35.4. The first-order chi connectivity index (χ1) is 51.7. The Morgan fingerprint density at radius 1 is 0.212 bits per heavy atom. The summed E-state index contributed by atoms with van der Waals surface area (Å²) in [5.41, 5.74) is 6.55. The SMILES string of the molecule is CCCCCCCCCCCCCCCCCCCCCCCC#CCCc1ccccc1N=C(C#CCCCCCCCCCCCCCCCCCCCCCCCC)C(CCCCCCCC)=Nc1ccccc1CCC#CCCCCCCCCCCCCCCCCCCCCCCC. The number of rotatable bonds is 78. The van der Waals surface area contributed by atoms with Crippen molar-refractivity contribution in [2.45, 2.75) is 529 Å². The molecule has 0 amide bonds. The van der Waals surface area contributed by atoms with Crippen molar-refractivity contribution in [3.05, 3.63) is 59.7 Å². The monoisotopic (exact) mass is 1430 g/mol. The summed E-state index contributed by atoms with van der Waals surface area (Å²) >= 11 is 0. The van der Waals surface area contributed by atoms with Gasteiger partial charge < -0.3 is 0 Å². The van der Waals surface area contributed by atoms with E-state index < -0.39 is 0 Å². The van der Waals surface area contributed by atoms with Crippen LogP contribution < -0.4 is 0 Å². The van der Waals surface area contributed by atoms with Crippen LogP contribution in [0, 0.1) is 35.5 Å². The largest absolute Gasteiger partial charge is 0.250 e. The number of aryl methyl sites for hydroxylation is 2. The molecule has 0 unspecified atom stereocenters. The van der Waals surface area contributed by atoms with Crippen LogP contribution in [-0.4, -0.2) is 11.4 Å². The summed E-state index contributed by atoms with van der Waals surface area (Å²) < 4.78 is 0. The third-order valence-electron chi connectivity index (χ3n) is 22.5. The highest BCUT2D eigenvalue weighted by Gasteiger charge is 2.13. The number of benzene rings is 2. The van der Waals surface area contributed by atoms with Crippen LogP contribution in [0.25, 0.3) is 0 Å². The number of hydrogen-bond donors (Lipinski definition) is 0. The second-order valence-electron chi connectivity index (χ2n) is 32.6. The maximum atomic E-state index is 5.62. The Morgan fingerprint density at radius 2 is 0.413 bits per heavy atom. The number of nitrogens with zero attached hydrogens (tertiary/aromatic N) is 2. The van der Waals surface area contributed by atoms with Crippen molar-refractivity contribution in [1.82, 2.24) is 0 Å². The fourth-order valence-electron chi connectivity index (χ4n) is 15.4. The molecular weight excluding hydrogens is 1250 g/mol. The molecule has 0 N–H and O–H groups in total. The highest BCUT2D eigenvalue weighted by molar-refractivity contribution is 6.49. The molecule has 0 aromatic heterocycles. The van der Waals surface area contributed by atoms with Crippen molar-refractivity contribution < 1.29 is 0 Å². The second-order valence-corrected chi connectivity index (χ2v) is 32.6. The molecule has 2 heteroatoms. The van der Waals surface area contributed by atoms with Gasteiger partial charge in [0.15, 0.2) is 0 Å². The Morgan fingerprint density at radius 3 is 0.673 bits per heavy atom. The molecule has 0 atom stereocenters. The van der Waals surface area contributed by atoms with Crippen molar-refractivity contribution in [2.75, 3.05) is 0 Å². The van der Waals surface area contributed by atoms with Gasteiger partial charge in [-0.3, -0.25) is 4.99 Å². The topological polar surface area (TPSA) is 24.7 Å². The zero-order valence-electron chi connectivity index (χ0n) is 70.7.